The quantitative estimate of drug-likeness (QED) is 0.625. The summed E-state index contributed by atoms with van der Waals surface area (Å²) in [7, 11) is 3.19. The highest BCUT2D eigenvalue weighted by Crippen LogP contribution is 2.31. The molecule has 166 valence electrons. The summed E-state index contributed by atoms with van der Waals surface area (Å²) in [5.74, 6) is 1.44. The first-order valence-electron chi connectivity index (χ1n) is 10.4. The molecular weight excluding hydrogens is 426 g/mol. The van der Waals surface area contributed by atoms with Crippen molar-refractivity contribution < 1.29 is 19.1 Å². The molecule has 4 rings (SSSR count). The van der Waals surface area contributed by atoms with Crippen molar-refractivity contribution in [3.8, 4) is 11.5 Å². The number of aliphatic imine (C=N–C) groups is 1. The van der Waals surface area contributed by atoms with Crippen LogP contribution in [0, 0.1) is 0 Å². The number of hydrogen-bond acceptors (Lipinski definition) is 6. The number of carbonyl (C=O) groups excluding carboxylic acids is 2. The predicted molar refractivity (Wildman–Crippen MR) is 127 cm³/mol. The topological polar surface area (TPSA) is 71.4 Å². The molecule has 2 heterocycles. The fourth-order valence-corrected chi connectivity index (χ4v) is 4.53. The first kappa shape index (κ1) is 22.0. The summed E-state index contributed by atoms with van der Waals surface area (Å²) >= 11 is 1.28. The van der Waals surface area contributed by atoms with Gasteiger partial charge in [-0.1, -0.05) is 30.0 Å². The second kappa shape index (κ2) is 9.91. The van der Waals surface area contributed by atoms with Gasteiger partial charge in [-0.25, -0.2) is 4.99 Å². The minimum absolute atomic E-state index is 0.0702. The van der Waals surface area contributed by atoms with Crippen LogP contribution in [0.25, 0.3) is 6.08 Å². The molecule has 2 aliphatic rings. The fourth-order valence-electron chi connectivity index (χ4n) is 3.61. The standard InChI is InChI=1S/C24H25N3O4S/c1-30-19-10-8-17(9-11-19)14-21-23(29)27(18-6-5-7-20(15-18)31-2)24(25-21)32-16-22(28)26-12-3-4-13-26/h5-11,14-15H,3-4,12-13,16H2,1-2H3/b21-14-. The summed E-state index contributed by atoms with van der Waals surface area (Å²) in [6.07, 6.45) is 3.83. The lowest BCUT2D eigenvalue weighted by atomic mass is 10.2. The van der Waals surface area contributed by atoms with E-state index in [9.17, 15) is 9.59 Å². The SMILES string of the molecule is COc1ccc(/C=C2\N=C(SCC(=O)N3CCCC3)N(c3cccc(OC)c3)C2=O)cc1. The molecule has 2 aromatic carbocycles. The number of anilines is 1. The van der Waals surface area contributed by atoms with Crippen LogP contribution >= 0.6 is 11.8 Å². The van der Waals surface area contributed by atoms with Gasteiger partial charge >= 0.3 is 0 Å². The van der Waals surface area contributed by atoms with Gasteiger partial charge in [0, 0.05) is 19.2 Å². The van der Waals surface area contributed by atoms with Crippen LogP contribution < -0.4 is 14.4 Å². The van der Waals surface area contributed by atoms with E-state index in [0.717, 1.165) is 37.2 Å². The Morgan fingerprint density at radius 1 is 1.06 bits per heavy atom. The minimum Gasteiger partial charge on any atom is -0.497 e. The molecule has 8 heteroatoms. The molecule has 0 saturated carbocycles. The monoisotopic (exact) mass is 451 g/mol. The van der Waals surface area contributed by atoms with E-state index in [2.05, 4.69) is 4.99 Å². The number of carbonyl (C=O) groups is 2. The number of nitrogens with zero attached hydrogens (tertiary/aromatic N) is 3. The third-order valence-corrected chi connectivity index (χ3v) is 6.27. The van der Waals surface area contributed by atoms with Gasteiger partial charge < -0.3 is 14.4 Å². The van der Waals surface area contributed by atoms with Gasteiger partial charge in [-0.05, 0) is 48.7 Å². The Morgan fingerprint density at radius 2 is 1.78 bits per heavy atom. The minimum atomic E-state index is -0.245. The van der Waals surface area contributed by atoms with Crippen molar-refractivity contribution >= 4 is 40.5 Å². The summed E-state index contributed by atoms with van der Waals surface area (Å²) in [5, 5.41) is 0.482. The van der Waals surface area contributed by atoms with Crippen LogP contribution in [0.15, 0.2) is 59.2 Å². The molecule has 32 heavy (non-hydrogen) atoms. The molecule has 1 saturated heterocycles. The molecule has 0 atom stereocenters. The third kappa shape index (κ3) is 4.80. The van der Waals surface area contributed by atoms with E-state index in [-0.39, 0.29) is 17.6 Å². The zero-order valence-electron chi connectivity index (χ0n) is 18.1. The number of methoxy groups -OCH3 is 2. The second-order valence-electron chi connectivity index (χ2n) is 7.42. The molecule has 0 bridgehead atoms. The highest BCUT2D eigenvalue weighted by Gasteiger charge is 2.33. The summed E-state index contributed by atoms with van der Waals surface area (Å²) in [6, 6.07) is 14.7. The number of likely N-dealkylation sites (tertiary alicyclic amines) is 1. The van der Waals surface area contributed by atoms with Crippen molar-refractivity contribution in [2.45, 2.75) is 12.8 Å². The third-order valence-electron chi connectivity index (χ3n) is 5.34. The van der Waals surface area contributed by atoms with Crippen LogP contribution in [0.2, 0.25) is 0 Å². The van der Waals surface area contributed by atoms with Gasteiger partial charge in [-0.15, -0.1) is 0 Å². The zero-order valence-corrected chi connectivity index (χ0v) is 18.9. The molecule has 0 aromatic heterocycles. The number of rotatable bonds is 6. The van der Waals surface area contributed by atoms with E-state index in [1.165, 1.54) is 11.8 Å². The molecule has 2 aliphatic heterocycles. The van der Waals surface area contributed by atoms with Crippen LogP contribution in [-0.4, -0.2) is 54.9 Å². The van der Waals surface area contributed by atoms with E-state index in [1.807, 2.05) is 47.4 Å². The van der Waals surface area contributed by atoms with Crippen LogP contribution in [0.3, 0.4) is 0 Å². The largest absolute Gasteiger partial charge is 0.497 e. The number of thioether (sulfide) groups is 1. The van der Waals surface area contributed by atoms with E-state index >= 15 is 0 Å². The van der Waals surface area contributed by atoms with Gasteiger partial charge in [0.2, 0.25) is 5.91 Å². The molecule has 1 fully saturated rings. The van der Waals surface area contributed by atoms with Gasteiger partial charge in [-0.2, -0.15) is 0 Å². The van der Waals surface area contributed by atoms with E-state index in [4.69, 9.17) is 9.47 Å². The molecule has 0 N–H and O–H groups in total. The molecule has 0 aliphatic carbocycles. The number of benzene rings is 2. The average Bonchev–Trinajstić information content (AvgIpc) is 3.47. The lowest BCUT2D eigenvalue weighted by molar-refractivity contribution is -0.127. The van der Waals surface area contributed by atoms with Gasteiger partial charge in [0.1, 0.15) is 17.2 Å². The van der Waals surface area contributed by atoms with Crippen molar-refractivity contribution in [3.63, 3.8) is 0 Å². The normalized spacial score (nSPS) is 17.1. The molecule has 0 unspecified atom stereocenters. The fraction of sp³-hybridized carbons (Fsp3) is 0.292. The van der Waals surface area contributed by atoms with Gasteiger partial charge in [-0.3, -0.25) is 14.5 Å². The number of hydrogen-bond donors (Lipinski definition) is 0. The van der Waals surface area contributed by atoms with Crippen LogP contribution in [0.5, 0.6) is 11.5 Å². The smallest absolute Gasteiger partial charge is 0.283 e. The summed E-state index contributed by atoms with van der Waals surface area (Å²) in [5.41, 5.74) is 1.80. The number of amides is 2. The van der Waals surface area contributed by atoms with Gasteiger partial charge in [0.15, 0.2) is 5.17 Å². The van der Waals surface area contributed by atoms with Crippen molar-refractivity contribution in [2.75, 3.05) is 38.0 Å². The first-order chi connectivity index (χ1) is 15.6. The number of amidine groups is 1. The van der Waals surface area contributed by atoms with Crippen molar-refractivity contribution in [3.05, 3.63) is 59.8 Å². The summed E-state index contributed by atoms with van der Waals surface area (Å²) in [6.45, 7) is 1.60. The Balaban J connectivity index is 1.61. The number of ether oxygens (including phenoxy) is 2. The Morgan fingerprint density at radius 3 is 2.47 bits per heavy atom. The molecule has 2 amide bonds. The van der Waals surface area contributed by atoms with E-state index < -0.39 is 0 Å². The van der Waals surface area contributed by atoms with Crippen molar-refractivity contribution in [1.29, 1.82) is 0 Å². The lowest BCUT2D eigenvalue weighted by Gasteiger charge is -2.19. The first-order valence-corrected chi connectivity index (χ1v) is 11.4. The average molecular weight is 452 g/mol. The Labute approximate surface area is 191 Å². The zero-order chi connectivity index (χ0) is 22.5. The van der Waals surface area contributed by atoms with Crippen molar-refractivity contribution in [2.24, 2.45) is 4.99 Å². The maximum absolute atomic E-state index is 13.3. The highest BCUT2D eigenvalue weighted by molar-refractivity contribution is 8.14. The molecule has 7 nitrogen and oxygen atoms in total. The van der Waals surface area contributed by atoms with Crippen LogP contribution in [0.4, 0.5) is 5.69 Å². The molecular formula is C24H25N3O4S. The van der Waals surface area contributed by atoms with E-state index in [0.29, 0.717) is 22.3 Å². The Hall–Kier alpha value is -3.26. The predicted octanol–water partition coefficient (Wildman–Crippen LogP) is 3.80. The Kier molecular flexibility index (Phi) is 6.80. The van der Waals surface area contributed by atoms with Crippen molar-refractivity contribution in [1.82, 2.24) is 4.90 Å². The Bertz CT molecular complexity index is 1060. The molecule has 0 spiro atoms. The molecule has 2 aromatic rings. The maximum Gasteiger partial charge on any atom is 0.283 e. The maximum atomic E-state index is 13.3. The van der Waals surface area contributed by atoms with E-state index in [1.54, 1.807) is 31.3 Å². The molecule has 0 radical (unpaired) electrons. The van der Waals surface area contributed by atoms with Crippen LogP contribution in [-0.2, 0) is 9.59 Å². The summed E-state index contributed by atoms with van der Waals surface area (Å²) in [4.78, 5) is 33.9. The van der Waals surface area contributed by atoms with Gasteiger partial charge in [0.05, 0.1) is 25.7 Å². The lowest BCUT2D eigenvalue weighted by Crippen LogP contribution is -2.33. The van der Waals surface area contributed by atoms with Gasteiger partial charge in [0.25, 0.3) is 5.91 Å². The second-order valence-corrected chi connectivity index (χ2v) is 8.36. The highest BCUT2D eigenvalue weighted by atomic mass is 32.2. The van der Waals surface area contributed by atoms with Crippen LogP contribution in [0.1, 0.15) is 18.4 Å². The summed E-state index contributed by atoms with van der Waals surface area (Å²) < 4.78 is 10.5.